The van der Waals surface area contributed by atoms with Crippen LogP contribution in [-0.4, -0.2) is 24.9 Å². The van der Waals surface area contributed by atoms with Gasteiger partial charge in [-0.15, -0.1) is 0 Å². The minimum Gasteiger partial charge on any atom is -0.496 e. The van der Waals surface area contributed by atoms with Gasteiger partial charge in [0, 0.05) is 17.6 Å². The van der Waals surface area contributed by atoms with Crippen LogP contribution >= 0.6 is 0 Å². The maximum Gasteiger partial charge on any atom is 0.123 e. The van der Waals surface area contributed by atoms with Crippen LogP contribution < -0.4 is 10.1 Å². The standard InChI is InChI=1S/C14H23NO2/c1-5-12(9-16)15-11(3)13-8-10(2)6-7-14(13)17-4/h6-8,11-12,15-16H,5,9H2,1-4H3. The van der Waals surface area contributed by atoms with Crippen LogP contribution in [0.1, 0.15) is 37.4 Å². The Morgan fingerprint density at radius 1 is 1.41 bits per heavy atom. The summed E-state index contributed by atoms with van der Waals surface area (Å²) < 4.78 is 5.37. The Bertz CT molecular complexity index is 348. The van der Waals surface area contributed by atoms with Crippen LogP contribution in [0.2, 0.25) is 0 Å². The molecule has 0 aromatic heterocycles. The topological polar surface area (TPSA) is 41.5 Å². The SMILES string of the molecule is CCC(CO)NC(C)c1cc(C)ccc1OC. The lowest BCUT2D eigenvalue weighted by atomic mass is 10.0. The van der Waals surface area contributed by atoms with Gasteiger partial charge in [-0.3, -0.25) is 0 Å². The molecular formula is C14H23NO2. The largest absolute Gasteiger partial charge is 0.496 e. The molecule has 3 heteroatoms. The van der Waals surface area contributed by atoms with Crippen LogP contribution in [0.3, 0.4) is 0 Å². The molecule has 0 heterocycles. The molecule has 2 N–H and O–H groups in total. The summed E-state index contributed by atoms with van der Waals surface area (Å²) in [4.78, 5) is 0. The van der Waals surface area contributed by atoms with Crippen molar-refractivity contribution in [3.05, 3.63) is 29.3 Å². The van der Waals surface area contributed by atoms with Gasteiger partial charge in [0.05, 0.1) is 13.7 Å². The van der Waals surface area contributed by atoms with Crippen molar-refractivity contribution in [2.75, 3.05) is 13.7 Å². The third kappa shape index (κ3) is 3.72. The fourth-order valence-corrected chi connectivity index (χ4v) is 1.94. The van der Waals surface area contributed by atoms with Crippen molar-refractivity contribution in [3.8, 4) is 5.75 Å². The van der Waals surface area contributed by atoms with E-state index in [2.05, 4.69) is 32.2 Å². The van der Waals surface area contributed by atoms with Gasteiger partial charge in [-0.05, 0) is 26.3 Å². The molecule has 2 unspecified atom stereocenters. The van der Waals surface area contributed by atoms with Gasteiger partial charge in [-0.2, -0.15) is 0 Å². The molecule has 0 bridgehead atoms. The second kappa shape index (κ2) is 6.62. The summed E-state index contributed by atoms with van der Waals surface area (Å²) in [5.74, 6) is 0.892. The number of aliphatic hydroxyl groups excluding tert-OH is 1. The van der Waals surface area contributed by atoms with Gasteiger partial charge >= 0.3 is 0 Å². The molecule has 0 aliphatic heterocycles. The monoisotopic (exact) mass is 237 g/mol. The van der Waals surface area contributed by atoms with E-state index in [1.807, 2.05) is 12.1 Å². The number of rotatable bonds is 6. The molecule has 0 amide bonds. The predicted molar refractivity (Wildman–Crippen MR) is 70.4 cm³/mol. The van der Waals surface area contributed by atoms with Crippen molar-refractivity contribution in [3.63, 3.8) is 0 Å². The molecular weight excluding hydrogens is 214 g/mol. The van der Waals surface area contributed by atoms with Gasteiger partial charge in [0.25, 0.3) is 0 Å². The third-order valence-electron chi connectivity index (χ3n) is 3.05. The molecule has 17 heavy (non-hydrogen) atoms. The van der Waals surface area contributed by atoms with Crippen LogP contribution in [0.4, 0.5) is 0 Å². The molecule has 0 saturated heterocycles. The fraction of sp³-hybridized carbons (Fsp3) is 0.571. The smallest absolute Gasteiger partial charge is 0.123 e. The Morgan fingerprint density at radius 2 is 2.12 bits per heavy atom. The molecule has 0 aliphatic carbocycles. The van der Waals surface area contributed by atoms with Gasteiger partial charge in [-0.25, -0.2) is 0 Å². The molecule has 0 aliphatic rings. The minimum absolute atomic E-state index is 0.134. The van der Waals surface area contributed by atoms with Gasteiger partial charge in [0.1, 0.15) is 5.75 Å². The van der Waals surface area contributed by atoms with E-state index in [1.54, 1.807) is 7.11 Å². The van der Waals surface area contributed by atoms with E-state index in [0.29, 0.717) is 0 Å². The van der Waals surface area contributed by atoms with E-state index in [9.17, 15) is 5.11 Å². The summed E-state index contributed by atoms with van der Waals surface area (Å²) in [7, 11) is 1.68. The van der Waals surface area contributed by atoms with Gasteiger partial charge in [-0.1, -0.05) is 24.6 Å². The van der Waals surface area contributed by atoms with Crippen molar-refractivity contribution in [1.29, 1.82) is 0 Å². The maximum atomic E-state index is 9.21. The summed E-state index contributed by atoms with van der Waals surface area (Å²) >= 11 is 0. The summed E-state index contributed by atoms with van der Waals surface area (Å²) in [5, 5.41) is 12.6. The predicted octanol–water partition coefficient (Wildman–Crippen LogP) is 2.43. The summed E-state index contributed by atoms with van der Waals surface area (Å²) in [6.07, 6.45) is 0.912. The van der Waals surface area contributed by atoms with E-state index in [4.69, 9.17) is 4.74 Å². The molecule has 2 atom stereocenters. The van der Waals surface area contributed by atoms with Crippen molar-refractivity contribution < 1.29 is 9.84 Å². The van der Waals surface area contributed by atoms with Crippen LogP contribution in [-0.2, 0) is 0 Å². The molecule has 1 aromatic carbocycles. The Kier molecular flexibility index (Phi) is 5.45. The lowest BCUT2D eigenvalue weighted by Gasteiger charge is -2.22. The molecule has 0 saturated carbocycles. The minimum atomic E-state index is 0.134. The Labute approximate surface area is 104 Å². The first-order chi connectivity index (χ1) is 8.12. The highest BCUT2D eigenvalue weighted by Crippen LogP contribution is 2.26. The highest BCUT2D eigenvalue weighted by Gasteiger charge is 2.14. The van der Waals surface area contributed by atoms with Gasteiger partial charge in [0.15, 0.2) is 0 Å². The molecule has 0 radical (unpaired) electrons. The molecule has 0 fully saturated rings. The quantitative estimate of drug-likeness (QED) is 0.798. The maximum absolute atomic E-state index is 9.21. The number of hydrogen-bond acceptors (Lipinski definition) is 3. The van der Waals surface area contributed by atoms with E-state index in [1.165, 1.54) is 5.56 Å². The van der Waals surface area contributed by atoms with Crippen LogP contribution in [0.25, 0.3) is 0 Å². The number of ether oxygens (including phenoxy) is 1. The summed E-state index contributed by atoms with van der Waals surface area (Å²) in [6, 6.07) is 6.46. The number of hydrogen-bond donors (Lipinski definition) is 2. The number of aryl methyl sites for hydroxylation is 1. The van der Waals surface area contributed by atoms with Crippen molar-refractivity contribution in [2.24, 2.45) is 0 Å². The van der Waals surface area contributed by atoms with E-state index in [0.717, 1.165) is 17.7 Å². The van der Waals surface area contributed by atoms with Crippen molar-refractivity contribution >= 4 is 0 Å². The average Bonchev–Trinajstić information content (AvgIpc) is 2.35. The first-order valence-electron chi connectivity index (χ1n) is 6.13. The molecule has 1 rings (SSSR count). The van der Waals surface area contributed by atoms with E-state index < -0.39 is 0 Å². The van der Waals surface area contributed by atoms with Crippen molar-refractivity contribution in [2.45, 2.75) is 39.3 Å². The van der Waals surface area contributed by atoms with E-state index in [-0.39, 0.29) is 18.7 Å². The van der Waals surface area contributed by atoms with Gasteiger partial charge < -0.3 is 15.2 Å². The highest BCUT2D eigenvalue weighted by atomic mass is 16.5. The second-order valence-corrected chi connectivity index (χ2v) is 4.42. The lowest BCUT2D eigenvalue weighted by molar-refractivity contribution is 0.229. The first-order valence-corrected chi connectivity index (χ1v) is 6.13. The normalized spacial score (nSPS) is 14.4. The van der Waals surface area contributed by atoms with Crippen LogP contribution in [0.15, 0.2) is 18.2 Å². The zero-order valence-electron chi connectivity index (χ0n) is 11.2. The number of methoxy groups -OCH3 is 1. The highest BCUT2D eigenvalue weighted by molar-refractivity contribution is 5.38. The number of benzene rings is 1. The molecule has 0 spiro atoms. The Hall–Kier alpha value is -1.06. The van der Waals surface area contributed by atoms with Gasteiger partial charge in [0.2, 0.25) is 0 Å². The van der Waals surface area contributed by atoms with E-state index >= 15 is 0 Å². The third-order valence-corrected chi connectivity index (χ3v) is 3.05. The molecule has 1 aromatic rings. The molecule has 3 nitrogen and oxygen atoms in total. The van der Waals surface area contributed by atoms with Crippen molar-refractivity contribution in [1.82, 2.24) is 5.32 Å². The number of nitrogens with one attached hydrogen (secondary N) is 1. The van der Waals surface area contributed by atoms with Crippen LogP contribution in [0, 0.1) is 6.92 Å². The lowest BCUT2D eigenvalue weighted by Crippen LogP contribution is -2.34. The Balaban J connectivity index is 2.86. The zero-order chi connectivity index (χ0) is 12.8. The van der Waals surface area contributed by atoms with Crippen LogP contribution in [0.5, 0.6) is 5.75 Å². The first kappa shape index (κ1) is 14.0. The average molecular weight is 237 g/mol. The fourth-order valence-electron chi connectivity index (χ4n) is 1.94. The molecule has 96 valence electrons. The second-order valence-electron chi connectivity index (χ2n) is 4.42. The zero-order valence-corrected chi connectivity index (χ0v) is 11.2. The summed E-state index contributed by atoms with van der Waals surface area (Å²) in [5.41, 5.74) is 2.35. The number of aliphatic hydroxyl groups is 1. The Morgan fingerprint density at radius 3 is 2.65 bits per heavy atom. The summed E-state index contributed by atoms with van der Waals surface area (Å²) in [6.45, 7) is 6.39.